The average Bonchev–Trinajstić information content (AvgIpc) is 3.46. The molecule has 0 radical (unpaired) electrons. The first-order chi connectivity index (χ1) is 23.2. The highest BCUT2D eigenvalue weighted by Crippen LogP contribution is 2.31. The summed E-state index contributed by atoms with van der Waals surface area (Å²) in [4.78, 5) is 46.0. The smallest absolute Gasteiger partial charge is 0.272 e. The van der Waals surface area contributed by atoms with E-state index in [4.69, 9.17) is 9.47 Å². The number of benzene rings is 4. The Labute approximate surface area is 287 Å². The van der Waals surface area contributed by atoms with Crippen LogP contribution in [0.25, 0.3) is 17.3 Å². The number of carbonyl (C=O) groups excluding carboxylic acids is 3. The monoisotopic (exact) mass is 678 g/mol. The fourth-order valence-electron chi connectivity index (χ4n) is 4.65. The van der Waals surface area contributed by atoms with E-state index in [2.05, 4.69) is 20.9 Å². The van der Waals surface area contributed by atoms with Crippen molar-refractivity contribution in [3.63, 3.8) is 0 Å². The van der Waals surface area contributed by atoms with Gasteiger partial charge in [0.15, 0.2) is 5.13 Å². The maximum atomic E-state index is 13.6. The third kappa shape index (κ3) is 8.90. The summed E-state index contributed by atoms with van der Waals surface area (Å²) >= 11 is 2.76. The number of aryl methyl sites for hydroxylation is 2. The van der Waals surface area contributed by atoms with Crippen molar-refractivity contribution in [2.45, 2.75) is 18.7 Å². The van der Waals surface area contributed by atoms with Crippen molar-refractivity contribution < 1.29 is 23.9 Å². The van der Waals surface area contributed by atoms with Crippen LogP contribution in [0.4, 0.5) is 10.8 Å². The molecule has 0 aliphatic heterocycles. The first kappa shape index (κ1) is 34.0. The maximum Gasteiger partial charge on any atom is 0.272 e. The number of nitrogens with zero attached hydrogens (tertiary/aromatic N) is 1. The minimum absolute atomic E-state index is 0.00316. The second-order valence-electron chi connectivity index (χ2n) is 10.6. The molecule has 1 aromatic heterocycles. The Bertz CT molecular complexity index is 1960. The summed E-state index contributed by atoms with van der Waals surface area (Å²) in [5.74, 6) is -0.000328. The fraction of sp³-hybridized carbons (Fsp3) is 0.135. The van der Waals surface area contributed by atoms with E-state index in [1.165, 1.54) is 49.0 Å². The molecule has 4 aromatic carbocycles. The molecule has 0 unspecified atom stereocenters. The minimum atomic E-state index is -0.549. The van der Waals surface area contributed by atoms with Gasteiger partial charge in [-0.1, -0.05) is 54.1 Å². The summed E-state index contributed by atoms with van der Waals surface area (Å²) in [6.07, 6.45) is 1.53. The molecule has 5 rings (SSSR count). The maximum absolute atomic E-state index is 13.6. The van der Waals surface area contributed by atoms with Gasteiger partial charge in [0.05, 0.1) is 25.7 Å². The number of aromatic nitrogens is 1. The molecule has 0 spiro atoms. The molecular weight excluding hydrogens is 645 g/mol. The number of hydrogen-bond donors (Lipinski definition) is 3. The first-order valence-corrected chi connectivity index (χ1v) is 16.7. The quantitative estimate of drug-likeness (QED) is 0.0920. The van der Waals surface area contributed by atoms with Crippen LogP contribution in [0, 0.1) is 13.8 Å². The van der Waals surface area contributed by atoms with Gasteiger partial charge in [0, 0.05) is 32.2 Å². The molecular formula is C37H34N4O5S2. The molecule has 0 fully saturated rings. The van der Waals surface area contributed by atoms with E-state index >= 15 is 0 Å². The Morgan fingerprint density at radius 1 is 0.854 bits per heavy atom. The predicted molar refractivity (Wildman–Crippen MR) is 193 cm³/mol. The van der Waals surface area contributed by atoms with Crippen LogP contribution in [0.2, 0.25) is 0 Å². The summed E-state index contributed by atoms with van der Waals surface area (Å²) in [6, 6.07) is 29.0. The standard InChI is InChI=1S/C37H34N4O5S2/c1-23-13-15-25(16-14-23)34-24(2)48-37(41-34)40-33(42)22-47-30-12-8-11-28(21-30)38-36(44)31(39-35(43)26-9-6-5-7-10-26)20-27-19-29(45-3)17-18-32(27)46-4/h5-21H,22H2,1-4H3,(H,38,44)(H,39,43)(H,40,41,42)/b31-20+. The van der Waals surface area contributed by atoms with Gasteiger partial charge in [-0.3, -0.25) is 14.4 Å². The number of rotatable bonds is 12. The van der Waals surface area contributed by atoms with Crippen molar-refractivity contribution in [2.75, 3.05) is 30.6 Å². The van der Waals surface area contributed by atoms with Crippen molar-refractivity contribution in [3.8, 4) is 22.8 Å². The van der Waals surface area contributed by atoms with Gasteiger partial charge in [-0.25, -0.2) is 4.98 Å². The molecule has 3 amide bonds. The minimum Gasteiger partial charge on any atom is -0.497 e. The van der Waals surface area contributed by atoms with Gasteiger partial charge in [0.2, 0.25) is 5.91 Å². The summed E-state index contributed by atoms with van der Waals surface area (Å²) in [5, 5.41) is 9.04. The number of methoxy groups -OCH3 is 2. The summed E-state index contributed by atoms with van der Waals surface area (Å²) < 4.78 is 10.8. The fourth-order valence-corrected chi connectivity index (χ4v) is 6.25. The van der Waals surface area contributed by atoms with Crippen molar-refractivity contribution >= 4 is 57.7 Å². The number of nitrogens with one attached hydrogen (secondary N) is 3. The van der Waals surface area contributed by atoms with E-state index in [1.54, 1.807) is 66.7 Å². The van der Waals surface area contributed by atoms with E-state index in [9.17, 15) is 14.4 Å². The first-order valence-electron chi connectivity index (χ1n) is 14.9. The van der Waals surface area contributed by atoms with Crippen LogP contribution in [0.1, 0.15) is 26.4 Å². The Morgan fingerprint density at radius 2 is 1.62 bits per heavy atom. The SMILES string of the molecule is COc1ccc(OC)c(/C=C(/NC(=O)c2ccccc2)C(=O)Nc2cccc(SCC(=O)Nc3nc(-c4ccc(C)cc4)c(C)s3)c2)c1. The highest BCUT2D eigenvalue weighted by Gasteiger charge is 2.17. The number of thiazole rings is 1. The molecule has 5 aromatic rings. The number of amides is 3. The number of ether oxygens (including phenoxy) is 2. The molecule has 0 bridgehead atoms. The predicted octanol–water partition coefficient (Wildman–Crippen LogP) is 7.58. The molecule has 11 heteroatoms. The van der Waals surface area contributed by atoms with E-state index in [1.807, 2.05) is 44.2 Å². The normalized spacial score (nSPS) is 11.0. The highest BCUT2D eigenvalue weighted by atomic mass is 32.2. The Hall–Kier alpha value is -5.39. The lowest BCUT2D eigenvalue weighted by molar-refractivity contribution is -0.114. The third-order valence-electron chi connectivity index (χ3n) is 7.10. The van der Waals surface area contributed by atoms with E-state index in [-0.39, 0.29) is 17.4 Å². The molecule has 9 nitrogen and oxygen atoms in total. The number of carbonyl (C=O) groups is 3. The lowest BCUT2D eigenvalue weighted by Crippen LogP contribution is -2.30. The van der Waals surface area contributed by atoms with Crippen molar-refractivity contribution in [2.24, 2.45) is 0 Å². The van der Waals surface area contributed by atoms with Crippen molar-refractivity contribution in [1.29, 1.82) is 0 Å². The molecule has 1 heterocycles. The van der Waals surface area contributed by atoms with E-state index in [0.717, 1.165) is 21.0 Å². The number of hydrogen-bond acceptors (Lipinski definition) is 8. The molecule has 0 atom stereocenters. The molecule has 0 saturated heterocycles. The van der Waals surface area contributed by atoms with Crippen LogP contribution in [0.5, 0.6) is 11.5 Å². The molecule has 244 valence electrons. The second kappa shape index (κ2) is 15.9. The third-order valence-corrected chi connectivity index (χ3v) is 8.98. The average molecular weight is 679 g/mol. The van der Waals surface area contributed by atoms with Crippen LogP contribution < -0.4 is 25.4 Å². The molecule has 0 aliphatic rings. The lowest BCUT2D eigenvalue weighted by atomic mass is 10.1. The summed E-state index contributed by atoms with van der Waals surface area (Å²) in [7, 11) is 3.06. The Balaban J connectivity index is 1.28. The van der Waals surface area contributed by atoms with Gasteiger partial charge >= 0.3 is 0 Å². The zero-order valence-corrected chi connectivity index (χ0v) is 28.5. The lowest BCUT2D eigenvalue weighted by Gasteiger charge is -2.13. The molecule has 0 aliphatic carbocycles. The van der Waals surface area contributed by atoms with Gasteiger partial charge in [-0.2, -0.15) is 0 Å². The van der Waals surface area contributed by atoms with Gasteiger partial charge in [-0.05, 0) is 68.5 Å². The molecule has 0 saturated carbocycles. The number of thioether (sulfide) groups is 1. The Morgan fingerprint density at radius 3 is 2.35 bits per heavy atom. The Kier molecular flexibility index (Phi) is 11.3. The zero-order chi connectivity index (χ0) is 34.0. The summed E-state index contributed by atoms with van der Waals surface area (Å²) in [6.45, 7) is 4.02. The largest absolute Gasteiger partial charge is 0.497 e. The number of anilines is 2. The van der Waals surface area contributed by atoms with Crippen LogP contribution >= 0.6 is 23.1 Å². The van der Waals surface area contributed by atoms with Crippen LogP contribution in [0.3, 0.4) is 0 Å². The van der Waals surface area contributed by atoms with Crippen LogP contribution in [-0.4, -0.2) is 42.7 Å². The van der Waals surface area contributed by atoms with Gasteiger partial charge < -0.3 is 25.4 Å². The van der Waals surface area contributed by atoms with Gasteiger partial charge in [0.1, 0.15) is 17.2 Å². The van der Waals surface area contributed by atoms with E-state index < -0.39 is 11.8 Å². The molecule has 48 heavy (non-hydrogen) atoms. The topological polar surface area (TPSA) is 119 Å². The highest BCUT2D eigenvalue weighted by molar-refractivity contribution is 8.00. The van der Waals surface area contributed by atoms with Crippen LogP contribution in [0.15, 0.2) is 108 Å². The van der Waals surface area contributed by atoms with Crippen molar-refractivity contribution in [1.82, 2.24) is 10.3 Å². The van der Waals surface area contributed by atoms with E-state index in [0.29, 0.717) is 33.4 Å². The zero-order valence-electron chi connectivity index (χ0n) is 26.8. The molecule has 3 N–H and O–H groups in total. The van der Waals surface area contributed by atoms with Gasteiger partial charge in [-0.15, -0.1) is 23.1 Å². The summed E-state index contributed by atoms with van der Waals surface area (Å²) in [5.41, 5.74) is 4.43. The van der Waals surface area contributed by atoms with Gasteiger partial charge in [0.25, 0.3) is 11.8 Å². The second-order valence-corrected chi connectivity index (χ2v) is 12.8. The van der Waals surface area contributed by atoms with Crippen molar-refractivity contribution in [3.05, 3.63) is 124 Å². The van der Waals surface area contributed by atoms with Crippen LogP contribution in [-0.2, 0) is 9.59 Å².